The molecule has 2 aliphatic rings. The van der Waals surface area contributed by atoms with E-state index in [1.54, 1.807) is 17.0 Å². The fraction of sp³-hybridized carbons (Fsp3) is 0.533. The number of likely N-dealkylation sites (tertiary alicyclic amines) is 1. The van der Waals surface area contributed by atoms with Gasteiger partial charge in [0.15, 0.2) is 0 Å². The number of hydrogen-bond acceptors (Lipinski definition) is 3. The van der Waals surface area contributed by atoms with Crippen LogP contribution >= 0.6 is 0 Å². The number of benzene rings is 1. The Morgan fingerprint density at radius 3 is 2.63 bits per heavy atom. The van der Waals surface area contributed by atoms with Crippen LogP contribution in [0.15, 0.2) is 30.3 Å². The van der Waals surface area contributed by atoms with Crippen molar-refractivity contribution in [2.45, 2.75) is 31.7 Å². The predicted molar refractivity (Wildman–Crippen MR) is 72.9 cm³/mol. The molecular formula is C15H20N2O2. The van der Waals surface area contributed by atoms with Crippen molar-refractivity contribution >= 4 is 6.09 Å². The average molecular weight is 260 g/mol. The summed E-state index contributed by atoms with van der Waals surface area (Å²) in [6.45, 7) is 1.37. The quantitative estimate of drug-likeness (QED) is 0.843. The molecule has 1 aliphatic carbocycles. The molecule has 0 bridgehead atoms. The predicted octanol–water partition coefficient (Wildman–Crippen LogP) is 2.39. The summed E-state index contributed by atoms with van der Waals surface area (Å²) < 4.78 is 5.38. The lowest BCUT2D eigenvalue weighted by Gasteiger charge is -2.26. The van der Waals surface area contributed by atoms with Crippen molar-refractivity contribution in [2.24, 2.45) is 11.1 Å². The molecule has 0 aromatic heterocycles. The zero-order valence-electron chi connectivity index (χ0n) is 11.0. The van der Waals surface area contributed by atoms with Gasteiger partial charge in [-0.1, -0.05) is 31.0 Å². The Bertz CT molecular complexity index is 454. The Balaban J connectivity index is 1.66. The number of ether oxygens (including phenoxy) is 1. The summed E-state index contributed by atoms with van der Waals surface area (Å²) in [5.74, 6) is 0.591. The lowest BCUT2D eigenvalue weighted by Crippen LogP contribution is -2.38. The van der Waals surface area contributed by atoms with E-state index in [0.29, 0.717) is 12.3 Å². The third-order valence-corrected chi connectivity index (χ3v) is 4.52. The van der Waals surface area contributed by atoms with Crippen molar-refractivity contribution < 1.29 is 9.53 Å². The van der Waals surface area contributed by atoms with Crippen molar-refractivity contribution in [3.8, 4) is 5.75 Å². The highest BCUT2D eigenvalue weighted by Crippen LogP contribution is 2.44. The van der Waals surface area contributed by atoms with Crippen LogP contribution in [-0.4, -0.2) is 30.1 Å². The molecule has 1 unspecified atom stereocenters. The van der Waals surface area contributed by atoms with E-state index in [2.05, 4.69) is 0 Å². The van der Waals surface area contributed by atoms with E-state index in [1.165, 1.54) is 12.8 Å². The van der Waals surface area contributed by atoms with Gasteiger partial charge >= 0.3 is 6.09 Å². The van der Waals surface area contributed by atoms with E-state index in [-0.39, 0.29) is 17.6 Å². The van der Waals surface area contributed by atoms with Crippen LogP contribution in [0.3, 0.4) is 0 Å². The van der Waals surface area contributed by atoms with Gasteiger partial charge in [0, 0.05) is 24.5 Å². The summed E-state index contributed by atoms with van der Waals surface area (Å²) >= 11 is 0. The number of carbonyl (C=O) groups excluding carboxylic acids is 1. The molecule has 19 heavy (non-hydrogen) atoms. The summed E-state index contributed by atoms with van der Waals surface area (Å²) in [4.78, 5) is 13.9. The Morgan fingerprint density at radius 2 is 1.95 bits per heavy atom. The van der Waals surface area contributed by atoms with Crippen molar-refractivity contribution in [1.29, 1.82) is 0 Å². The van der Waals surface area contributed by atoms with Gasteiger partial charge in [-0.15, -0.1) is 0 Å². The molecular weight excluding hydrogens is 240 g/mol. The molecule has 102 valence electrons. The minimum atomic E-state index is -0.273. The van der Waals surface area contributed by atoms with Crippen molar-refractivity contribution in [1.82, 2.24) is 4.90 Å². The maximum absolute atomic E-state index is 12.1. The SMILES string of the molecule is NC1CN(C(=O)Oc2ccccc2)CC12CCCC2. The summed E-state index contributed by atoms with van der Waals surface area (Å²) in [5.41, 5.74) is 6.40. The normalized spacial score (nSPS) is 24.9. The lowest BCUT2D eigenvalue weighted by atomic mass is 9.82. The molecule has 4 nitrogen and oxygen atoms in total. The number of carbonyl (C=O) groups is 1. The molecule has 1 aromatic rings. The first-order chi connectivity index (χ1) is 9.20. The molecule has 1 aromatic carbocycles. The number of rotatable bonds is 1. The molecule has 1 aliphatic heterocycles. The second kappa shape index (κ2) is 4.85. The number of nitrogens with zero attached hydrogens (tertiary/aromatic N) is 1. The van der Waals surface area contributed by atoms with Gasteiger partial charge in [-0.25, -0.2) is 4.79 Å². The Kier molecular flexibility index (Phi) is 3.19. The van der Waals surface area contributed by atoms with Crippen LogP contribution in [0.2, 0.25) is 0 Å². The van der Waals surface area contributed by atoms with Gasteiger partial charge in [0.1, 0.15) is 5.75 Å². The maximum Gasteiger partial charge on any atom is 0.415 e. The molecule has 1 saturated carbocycles. The summed E-state index contributed by atoms with van der Waals surface area (Å²) in [6.07, 6.45) is 4.47. The Labute approximate surface area is 113 Å². The van der Waals surface area contributed by atoms with Gasteiger partial charge in [0.2, 0.25) is 0 Å². The Hall–Kier alpha value is -1.55. The van der Waals surface area contributed by atoms with Crippen LogP contribution in [-0.2, 0) is 0 Å². The third kappa shape index (κ3) is 2.32. The first-order valence-corrected chi connectivity index (χ1v) is 6.97. The zero-order valence-corrected chi connectivity index (χ0v) is 11.0. The van der Waals surface area contributed by atoms with Crippen molar-refractivity contribution in [2.75, 3.05) is 13.1 Å². The van der Waals surface area contributed by atoms with Gasteiger partial charge in [-0.3, -0.25) is 0 Å². The molecule has 1 spiro atoms. The van der Waals surface area contributed by atoms with Crippen LogP contribution in [0.4, 0.5) is 4.79 Å². The van der Waals surface area contributed by atoms with Crippen molar-refractivity contribution in [3.63, 3.8) is 0 Å². The van der Waals surface area contributed by atoms with E-state index >= 15 is 0 Å². The van der Waals surface area contributed by atoms with E-state index in [9.17, 15) is 4.79 Å². The van der Waals surface area contributed by atoms with Gasteiger partial charge in [0.05, 0.1) is 0 Å². The minimum Gasteiger partial charge on any atom is -0.410 e. The lowest BCUT2D eigenvalue weighted by molar-refractivity contribution is 0.155. The molecule has 2 N–H and O–H groups in total. The fourth-order valence-electron chi connectivity index (χ4n) is 3.39. The minimum absolute atomic E-state index is 0.0957. The first-order valence-electron chi connectivity index (χ1n) is 6.97. The number of amides is 1. The van der Waals surface area contributed by atoms with Gasteiger partial charge in [-0.05, 0) is 25.0 Å². The average Bonchev–Trinajstić information content (AvgIpc) is 3.01. The number of nitrogens with two attached hydrogens (primary N) is 1. The molecule has 1 heterocycles. The highest BCUT2D eigenvalue weighted by molar-refractivity contribution is 5.71. The van der Waals surface area contributed by atoms with Crippen LogP contribution in [0.25, 0.3) is 0 Å². The molecule has 3 rings (SSSR count). The van der Waals surface area contributed by atoms with E-state index in [0.717, 1.165) is 19.4 Å². The van der Waals surface area contributed by atoms with Crippen molar-refractivity contribution in [3.05, 3.63) is 30.3 Å². The highest BCUT2D eigenvalue weighted by atomic mass is 16.6. The second-order valence-electron chi connectivity index (χ2n) is 5.74. The number of hydrogen-bond donors (Lipinski definition) is 1. The summed E-state index contributed by atoms with van der Waals surface area (Å²) in [7, 11) is 0. The molecule has 1 atom stereocenters. The fourth-order valence-corrected chi connectivity index (χ4v) is 3.39. The van der Waals surface area contributed by atoms with Gasteiger partial charge in [-0.2, -0.15) is 0 Å². The summed E-state index contributed by atoms with van der Waals surface area (Å²) in [5, 5.41) is 0. The van der Waals surface area contributed by atoms with Crippen LogP contribution in [0.1, 0.15) is 25.7 Å². The maximum atomic E-state index is 12.1. The third-order valence-electron chi connectivity index (χ3n) is 4.52. The van der Waals surface area contributed by atoms with E-state index in [4.69, 9.17) is 10.5 Å². The second-order valence-corrected chi connectivity index (χ2v) is 5.74. The topological polar surface area (TPSA) is 55.6 Å². The van der Waals surface area contributed by atoms with Gasteiger partial charge in [0.25, 0.3) is 0 Å². The Morgan fingerprint density at radius 1 is 1.26 bits per heavy atom. The smallest absolute Gasteiger partial charge is 0.410 e. The molecule has 4 heteroatoms. The van der Waals surface area contributed by atoms with E-state index < -0.39 is 0 Å². The standard InChI is InChI=1S/C15H20N2O2/c16-13-10-17(11-15(13)8-4-5-9-15)14(18)19-12-6-2-1-3-7-12/h1-3,6-7,13H,4-5,8-11,16H2. The molecule has 2 fully saturated rings. The summed E-state index contributed by atoms with van der Waals surface area (Å²) in [6, 6.07) is 9.29. The molecule has 0 radical (unpaired) electrons. The largest absolute Gasteiger partial charge is 0.415 e. The zero-order chi connectivity index (χ0) is 13.3. The monoisotopic (exact) mass is 260 g/mol. The van der Waals surface area contributed by atoms with Crippen LogP contribution < -0.4 is 10.5 Å². The highest BCUT2D eigenvalue weighted by Gasteiger charge is 2.48. The van der Waals surface area contributed by atoms with E-state index in [1.807, 2.05) is 18.2 Å². The molecule has 1 saturated heterocycles. The number of para-hydroxylation sites is 1. The van der Waals surface area contributed by atoms with Crippen LogP contribution in [0, 0.1) is 5.41 Å². The first kappa shape index (κ1) is 12.5. The molecule has 1 amide bonds. The van der Waals surface area contributed by atoms with Gasteiger partial charge < -0.3 is 15.4 Å². The van der Waals surface area contributed by atoms with Crippen LogP contribution in [0.5, 0.6) is 5.75 Å².